The number of furan rings is 1. The van der Waals surface area contributed by atoms with Gasteiger partial charge in [-0.25, -0.2) is 4.98 Å². The van der Waals surface area contributed by atoms with Crippen molar-refractivity contribution in [2.24, 2.45) is 0 Å². The normalized spacial score (nSPS) is 12.0. The zero-order chi connectivity index (χ0) is 21.1. The Morgan fingerprint density at radius 1 is 1.37 bits per heavy atom. The lowest BCUT2D eigenvalue weighted by Gasteiger charge is -2.07. The van der Waals surface area contributed by atoms with Crippen molar-refractivity contribution in [3.05, 3.63) is 65.8 Å². The van der Waals surface area contributed by atoms with Gasteiger partial charge in [0.2, 0.25) is 0 Å². The van der Waals surface area contributed by atoms with Gasteiger partial charge in [-0.1, -0.05) is 30.0 Å². The fourth-order valence-electron chi connectivity index (χ4n) is 2.93. The van der Waals surface area contributed by atoms with E-state index >= 15 is 0 Å². The molecule has 4 aromatic rings. The zero-order valence-electron chi connectivity index (χ0n) is 16.1. The summed E-state index contributed by atoms with van der Waals surface area (Å²) in [5.74, 6) is 1.53. The number of thiazole rings is 1. The summed E-state index contributed by atoms with van der Waals surface area (Å²) in [4.78, 5) is 4.47. The van der Waals surface area contributed by atoms with Gasteiger partial charge in [-0.2, -0.15) is 5.26 Å². The highest BCUT2D eigenvalue weighted by Gasteiger charge is 2.19. The van der Waals surface area contributed by atoms with E-state index in [1.54, 1.807) is 12.3 Å². The van der Waals surface area contributed by atoms with E-state index in [1.807, 2.05) is 41.8 Å². The highest BCUT2D eigenvalue weighted by Crippen LogP contribution is 2.31. The summed E-state index contributed by atoms with van der Waals surface area (Å²) < 4.78 is 8.24. The number of hydrogen-bond donors (Lipinski definition) is 1. The van der Waals surface area contributed by atoms with E-state index in [9.17, 15) is 10.4 Å². The molecule has 3 aromatic heterocycles. The molecule has 3 heterocycles. The van der Waals surface area contributed by atoms with Crippen LogP contribution in [0.1, 0.15) is 10.8 Å². The molecule has 0 aliphatic heterocycles. The summed E-state index contributed by atoms with van der Waals surface area (Å²) in [5, 5.41) is 29.9. The van der Waals surface area contributed by atoms with Gasteiger partial charge in [-0.3, -0.25) is 4.57 Å². The fraction of sp³-hybridized carbons (Fsp3) is 0.143. The third kappa shape index (κ3) is 3.75. The van der Waals surface area contributed by atoms with Crippen molar-refractivity contribution in [3.8, 4) is 17.5 Å². The van der Waals surface area contributed by atoms with Crippen molar-refractivity contribution in [2.75, 3.05) is 5.75 Å². The highest BCUT2D eigenvalue weighted by atomic mass is 32.2. The predicted molar refractivity (Wildman–Crippen MR) is 118 cm³/mol. The van der Waals surface area contributed by atoms with Crippen molar-refractivity contribution in [2.45, 2.75) is 18.6 Å². The molecule has 4 rings (SSSR count). The first-order valence-corrected chi connectivity index (χ1v) is 10.8. The average Bonchev–Trinajstić information content (AvgIpc) is 3.45. The van der Waals surface area contributed by atoms with Gasteiger partial charge in [0.15, 0.2) is 11.0 Å². The third-order valence-electron chi connectivity index (χ3n) is 4.37. The second-order valence-corrected chi connectivity index (χ2v) is 8.28. The Hall–Kier alpha value is -3.35. The molecule has 0 atom stereocenters. The van der Waals surface area contributed by atoms with Crippen LogP contribution >= 0.6 is 23.1 Å². The molecule has 0 spiro atoms. The number of aliphatic hydroxyl groups excluding tert-OH is 1. The Morgan fingerprint density at radius 2 is 2.20 bits per heavy atom. The topological polar surface area (TPSA) is 101 Å². The molecule has 7 nitrogen and oxygen atoms in total. The van der Waals surface area contributed by atoms with E-state index in [2.05, 4.69) is 27.8 Å². The van der Waals surface area contributed by atoms with Crippen LogP contribution in [0.3, 0.4) is 0 Å². The van der Waals surface area contributed by atoms with Gasteiger partial charge in [0, 0.05) is 6.54 Å². The maximum absolute atomic E-state index is 10.6. The largest absolute Gasteiger partial charge is 0.510 e. The number of rotatable bonds is 7. The number of para-hydroxylation sites is 1. The SMILES string of the molecule is C=CCn1c(SC/C(O)=C(\C#N)c2nc3ccccc3s2)nnc1-c1ccoc1C. The van der Waals surface area contributed by atoms with Gasteiger partial charge < -0.3 is 9.52 Å². The first-order chi connectivity index (χ1) is 14.6. The van der Waals surface area contributed by atoms with E-state index in [0.717, 1.165) is 21.5 Å². The zero-order valence-corrected chi connectivity index (χ0v) is 17.7. The average molecular weight is 436 g/mol. The molecule has 1 N–H and O–H groups in total. The van der Waals surface area contributed by atoms with E-state index in [4.69, 9.17) is 4.42 Å². The number of fused-ring (bicyclic) bond motifs is 1. The fourth-order valence-corrected chi connectivity index (χ4v) is 4.73. The van der Waals surface area contributed by atoms with Gasteiger partial charge >= 0.3 is 0 Å². The summed E-state index contributed by atoms with van der Waals surface area (Å²) in [7, 11) is 0. The van der Waals surface area contributed by atoms with E-state index in [0.29, 0.717) is 22.5 Å². The first kappa shape index (κ1) is 19.9. The summed E-state index contributed by atoms with van der Waals surface area (Å²) in [6.45, 7) is 6.17. The van der Waals surface area contributed by atoms with Gasteiger partial charge in [0.05, 0.1) is 27.8 Å². The van der Waals surface area contributed by atoms with Crippen molar-refractivity contribution in [1.82, 2.24) is 19.7 Å². The molecular formula is C21H17N5O2S2. The number of nitriles is 1. The maximum Gasteiger partial charge on any atom is 0.192 e. The number of aliphatic hydroxyl groups is 1. The van der Waals surface area contributed by atoms with Crippen LogP contribution in [0.2, 0.25) is 0 Å². The van der Waals surface area contributed by atoms with Crippen LogP contribution in [0.25, 0.3) is 27.2 Å². The van der Waals surface area contributed by atoms with Crippen LogP contribution in [0.4, 0.5) is 0 Å². The minimum atomic E-state index is -0.0456. The molecular weight excluding hydrogens is 418 g/mol. The number of nitrogens with zero attached hydrogens (tertiary/aromatic N) is 5. The Bertz CT molecular complexity index is 1260. The quantitative estimate of drug-likeness (QED) is 0.184. The van der Waals surface area contributed by atoms with Crippen LogP contribution < -0.4 is 0 Å². The molecule has 0 radical (unpaired) electrons. The van der Waals surface area contributed by atoms with E-state index in [1.165, 1.54) is 23.1 Å². The molecule has 0 saturated heterocycles. The van der Waals surface area contributed by atoms with Crippen LogP contribution in [0, 0.1) is 18.3 Å². The second-order valence-electron chi connectivity index (χ2n) is 6.30. The standard InChI is InChI=1S/C21H17N5O2S2/c1-3-9-26-19(14-8-10-28-13(14)2)24-25-21(26)29-12-17(27)15(11-22)20-23-16-6-4-5-7-18(16)30-20/h3-8,10,27H,1,9,12H2,2H3/b17-15-. The molecule has 30 heavy (non-hydrogen) atoms. The number of aromatic nitrogens is 4. The Labute approximate surface area is 181 Å². The lowest BCUT2D eigenvalue weighted by atomic mass is 10.2. The minimum absolute atomic E-state index is 0.0456. The summed E-state index contributed by atoms with van der Waals surface area (Å²) in [6, 6.07) is 11.6. The van der Waals surface area contributed by atoms with E-state index in [-0.39, 0.29) is 17.1 Å². The van der Waals surface area contributed by atoms with E-state index < -0.39 is 0 Å². The highest BCUT2D eigenvalue weighted by molar-refractivity contribution is 7.99. The molecule has 0 aliphatic carbocycles. The Morgan fingerprint density at radius 3 is 2.90 bits per heavy atom. The van der Waals surface area contributed by atoms with Gasteiger partial charge in [-0.05, 0) is 25.1 Å². The lowest BCUT2D eigenvalue weighted by molar-refractivity contribution is 0.420. The van der Waals surface area contributed by atoms with Gasteiger partial charge in [-0.15, -0.1) is 28.1 Å². The van der Waals surface area contributed by atoms with Crippen molar-refractivity contribution in [1.29, 1.82) is 5.26 Å². The molecule has 150 valence electrons. The second kappa shape index (κ2) is 8.57. The molecule has 1 aromatic carbocycles. The van der Waals surface area contributed by atoms with Crippen LogP contribution in [0.5, 0.6) is 0 Å². The molecule has 9 heteroatoms. The van der Waals surface area contributed by atoms with Gasteiger partial charge in [0.25, 0.3) is 0 Å². The van der Waals surface area contributed by atoms with Crippen molar-refractivity contribution >= 4 is 38.9 Å². The van der Waals surface area contributed by atoms with Crippen LogP contribution in [0.15, 0.2) is 64.6 Å². The molecule has 0 aliphatic rings. The molecule has 0 saturated carbocycles. The first-order valence-electron chi connectivity index (χ1n) is 9.02. The minimum Gasteiger partial charge on any atom is -0.510 e. The number of aryl methyl sites for hydroxylation is 1. The van der Waals surface area contributed by atoms with Crippen molar-refractivity contribution in [3.63, 3.8) is 0 Å². The molecule has 0 unspecified atom stereocenters. The summed E-state index contributed by atoms with van der Waals surface area (Å²) in [6.07, 6.45) is 3.36. The number of thioether (sulfide) groups is 1. The number of allylic oxidation sites excluding steroid dienone is 2. The molecule has 0 fully saturated rings. The molecule has 0 amide bonds. The molecule has 0 bridgehead atoms. The maximum atomic E-state index is 10.6. The van der Waals surface area contributed by atoms with Crippen LogP contribution in [-0.2, 0) is 6.54 Å². The van der Waals surface area contributed by atoms with Crippen LogP contribution in [-0.4, -0.2) is 30.6 Å². The number of hydrogen-bond acceptors (Lipinski definition) is 8. The Kier molecular flexibility index (Phi) is 5.70. The van der Waals surface area contributed by atoms with Gasteiger partial charge in [0.1, 0.15) is 28.2 Å². The third-order valence-corrected chi connectivity index (χ3v) is 6.41. The van der Waals surface area contributed by atoms with Crippen molar-refractivity contribution < 1.29 is 9.52 Å². The lowest BCUT2D eigenvalue weighted by Crippen LogP contribution is -2.02. The number of benzene rings is 1. The Balaban J connectivity index is 1.61. The summed E-state index contributed by atoms with van der Waals surface area (Å²) in [5.41, 5.74) is 1.82. The summed E-state index contributed by atoms with van der Waals surface area (Å²) >= 11 is 2.67. The monoisotopic (exact) mass is 435 g/mol. The predicted octanol–water partition coefficient (Wildman–Crippen LogP) is 5.23. The smallest absolute Gasteiger partial charge is 0.192 e.